The number of aromatic amines is 1. The van der Waals surface area contributed by atoms with Crippen LogP contribution in [0.25, 0.3) is 0 Å². The van der Waals surface area contributed by atoms with Gasteiger partial charge in [0.2, 0.25) is 0 Å². The number of nitrogens with zero attached hydrogens (tertiary/aromatic N) is 1. The van der Waals surface area contributed by atoms with E-state index in [1.807, 2.05) is 0 Å². The number of ether oxygens (including phenoxy) is 1. The van der Waals surface area contributed by atoms with Gasteiger partial charge in [0.1, 0.15) is 5.69 Å². The van der Waals surface area contributed by atoms with Crippen LogP contribution in [0.4, 0.5) is 0 Å². The summed E-state index contributed by atoms with van der Waals surface area (Å²) in [6, 6.07) is 0. The number of esters is 1. The minimum Gasteiger partial charge on any atom is -0.451 e. The summed E-state index contributed by atoms with van der Waals surface area (Å²) in [4.78, 5) is 28.5. The molecule has 0 saturated carbocycles. The fourth-order valence-corrected chi connectivity index (χ4v) is 2.85. The van der Waals surface area contributed by atoms with Crippen LogP contribution in [0.3, 0.4) is 0 Å². The maximum Gasteiger partial charge on any atom is 0.355 e. The first-order valence-corrected chi connectivity index (χ1v) is 7.23. The zero-order chi connectivity index (χ0) is 15.6. The lowest BCUT2D eigenvalue weighted by Crippen LogP contribution is -2.32. The third-order valence-corrected chi connectivity index (χ3v) is 3.90. The Morgan fingerprint density at radius 1 is 1.33 bits per heavy atom. The maximum absolute atomic E-state index is 12.1. The highest BCUT2D eigenvalue weighted by atomic mass is 16.5. The predicted octanol–water partition coefficient (Wildman–Crippen LogP) is 1.46. The van der Waals surface area contributed by atoms with Crippen molar-refractivity contribution >= 4 is 11.9 Å². The molecule has 1 aromatic rings. The minimum absolute atomic E-state index is 0.155. The van der Waals surface area contributed by atoms with Gasteiger partial charge in [-0.3, -0.25) is 4.79 Å². The number of carbonyl (C=O) groups excluding carboxylic acids is 2. The summed E-state index contributed by atoms with van der Waals surface area (Å²) in [6.07, 6.45) is 1.35. The number of rotatable bonds is 4. The lowest BCUT2D eigenvalue weighted by Gasteiger charge is -2.14. The molecule has 0 bridgehead atoms. The second-order valence-corrected chi connectivity index (χ2v) is 5.50. The van der Waals surface area contributed by atoms with Crippen LogP contribution in [0, 0.1) is 13.8 Å². The lowest BCUT2D eigenvalue weighted by molar-refractivity contribution is -0.133. The van der Waals surface area contributed by atoms with Crippen molar-refractivity contribution in [2.24, 2.45) is 0 Å². The molecule has 2 N–H and O–H groups in total. The van der Waals surface area contributed by atoms with Crippen LogP contribution in [-0.4, -0.2) is 46.6 Å². The Hall–Kier alpha value is -1.82. The molecule has 6 nitrogen and oxygen atoms in total. The number of hydrogen-bond acceptors (Lipinski definition) is 4. The van der Waals surface area contributed by atoms with Gasteiger partial charge in [-0.25, -0.2) is 4.79 Å². The van der Waals surface area contributed by atoms with Gasteiger partial charge in [-0.15, -0.1) is 0 Å². The molecule has 6 heteroatoms. The summed E-state index contributed by atoms with van der Waals surface area (Å²) in [5, 5.41) is 9.71. The van der Waals surface area contributed by atoms with E-state index < -0.39 is 12.1 Å². The molecule has 1 aliphatic heterocycles. The van der Waals surface area contributed by atoms with E-state index in [-0.39, 0.29) is 12.5 Å². The van der Waals surface area contributed by atoms with Gasteiger partial charge in [-0.2, -0.15) is 0 Å². The summed E-state index contributed by atoms with van der Waals surface area (Å²) < 4.78 is 5.09. The molecule has 1 aromatic heterocycles. The summed E-state index contributed by atoms with van der Waals surface area (Å²) in [5.41, 5.74) is 2.41. The molecule has 1 amide bonds. The third-order valence-electron chi connectivity index (χ3n) is 3.90. The van der Waals surface area contributed by atoms with E-state index in [1.54, 1.807) is 25.7 Å². The Morgan fingerprint density at radius 3 is 2.48 bits per heavy atom. The fourth-order valence-electron chi connectivity index (χ4n) is 2.85. The fraction of sp³-hybridized carbons (Fsp3) is 0.600. The van der Waals surface area contributed by atoms with Gasteiger partial charge in [-0.05, 0) is 39.2 Å². The average molecular weight is 294 g/mol. The zero-order valence-corrected chi connectivity index (χ0v) is 12.7. The molecule has 1 aliphatic rings. The van der Waals surface area contributed by atoms with Crippen LogP contribution >= 0.6 is 0 Å². The highest BCUT2D eigenvalue weighted by Gasteiger charge is 2.23. The molecule has 116 valence electrons. The number of carbonyl (C=O) groups is 2. The van der Waals surface area contributed by atoms with Crippen molar-refractivity contribution < 1.29 is 19.4 Å². The molecule has 1 atom stereocenters. The summed E-state index contributed by atoms with van der Waals surface area (Å²) in [6.45, 7) is 6.44. The minimum atomic E-state index is -0.658. The zero-order valence-electron chi connectivity index (χ0n) is 12.7. The van der Waals surface area contributed by atoms with Crippen molar-refractivity contribution in [3.63, 3.8) is 0 Å². The van der Waals surface area contributed by atoms with E-state index in [0.29, 0.717) is 16.8 Å². The largest absolute Gasteiger partial charge is 0.451 e. The lowest BCUT2D eigenvalue weighted by atomic mass is 10.1. The second-order valence-electron chi connectivity index (χ2n) is 5.50. The molecular weight excluding hydrogens is 272 g/mol. The number of amides is 1. The first-order chi connectivity index (χ1) is 9.91. The SMILES string of the molecule is Cc1[nH]c(C(=O)OCC(=O)N2CCCC2)c(C)c1[C@@H](C)O. The molecule has 2 heterocycles. The maximum atomic E-state index is 12.1. The van der Waals surface area contributed by atoms with Crippen molar-refractivity contribution in [1.82, 2.24) is 9.88 Å². The monoisotopic (exact) mass is 294 g/mol. The van der Waals surface area contributed by atoms with Crippen LogP contribution in [0.5, 0.6) is 0 Å². The number of nitrogens with one attached hydrogen (secondary N) is 1. The van der Waals surface area contributed by atoms with E-state index in [4.69, 9.17) is 4.74 Å². The van der Waals surface area contributed by atoms with Crippen LogP contribution in [0.1, 0.15) is 53.2 Å². The number of aliphatic hydroxyl groups is 1. The molecule has 2 rings (SSSR count). The van der Waals surface area contributed by atoms with Gasteiger partial charge in [0.15, 0.2) is 6.61 Å². The topological polar surface area (TPSA) is 82.6 Å². The molecule has 1 saturated heterocycles. The van der Waals surface area contributed by atoms with Gasteiger partial charge in [0, 0.05) is 24.3 Å². The van der Waals surface area contributed by atoms with Crippen molar-refractivity contribution in [2.75, 3.05) is 19.7 Å². The van der Waals surface area contributed by atoms with Crippen molar-refractivity contribution in [2.45, 2.75) is 39.7 Å². The number of aromatic nitrogens is 1. The Bertz CT molecular complexity index is 542. The summed E-state index contributed by atoms with van der Waals surface area (Å²) >= 11 is 0. The molecule has 0 spiro atoms. The van der Waals surface area contributed by atoms with Gasteiger partial charge in [-0.1, -0.05) is 0 Å². The number of aliphatic hydroxyl groups excluding tert-OH is 1. The van der Waals surface area contributed by atoms with Crippen molar-refractivity contribution in [3.8, 4) is 0 Å². The van der Waals surface area contributed by atoms with Crippen LogP contribution < -0.4 is 0 Å². The highest BCUT2D eigenvalue weighted by molar-refractivity contribution is 5.91. The number of likely N-dealkylation sites (tertiary alicyclic amines) is 1. The summed E-state index contributed by atoms with van der Waals surface area (Å²) in [5.74, 6) is -0.715. The van der Waals surface area contributed by atoms with Crippen LogP contribution in [0.2, 0.25) is 0 Å². The molecule has 0 aromatic carbocycles. The van der Waals surface area contributed by atoms with Gasteiger partial charge >= 0.3 is 5.97 Å². The molecule has 1 fully saturated rings. The average Bonchev–Trinajstić information content (AvgIpc) is 3.03. The quantitative estimate of drug-likeness (QED) is 0.824. The molecule has 0 unspecified atom stereocenters. The Kier molecular flexibility index (Phi) is 4.67. The van der Waals surface area contributed by atoms with Crippen molar-refractivity contribution in [1.29, 1.82) is 0 Å². The van der Waals surface area contributed by atoms with Gasteiger partial charge < -0.3 is 19.7 Å². The molecular formula is C15H22N2O4. The third kappa shape index (κ3) is 3.26. The molecule has 21 heavy (non-hydrogen) atoms. The molecule has 0 aliphatic carbocycles. The molecule has 0 radical (unpaired) electrons. The van der Waals surface area contributed by atoms with E-state index in [2.05, 4.69) is 4.98 Å². The predicted molar refractivity (Wildman–Crippen MR) is 77.0 cm³/mol. The van der Waals surface area contributed by atoms with E-state index in [0.717, 1.165) is 31.6 Å². The van der Waals surface area contributed by atoms with Gasteiger partial charge in [0.05, 0.1) is 6.10 Å². The Balaban J connectivity index is 2.00. The van der Waals surface area contributed by atoms with Gasteiger partial charge in [0.25, 0.3) is 5.91 Å². The van der Waals surface area contributed by atoms with Crippen LogP contribution in [0.15, 0.2) is 0 Å². The van der Waals surface area contributed by atoms with Crippen molar-refractivity contribution in [3.05, 3.63) is 22.5 Å². The first kappa shape index (κ1) is 15.6. The number of hydrogen-bond donors (Lipinski definition) is 2. The first-order valence-electron chi connectivity index (χ1n) is 7.23. The Morgan fingerprint density at radius 2 is 1.95 bits per heavy atom. The number of aryl methyl sites for hydroxylation is 1. The highest BCUT2D eigenvalue weighted by Crippen LogP contribution is 2.24. The Labute approximate surface area is 124 Å². The van der Waals surface area contributed by atoms with E-state index in [1.165, 1.54) is 0 Å². The number of H-pyrrole nitrogens is 1. The normalized spacial score (nSPS) is 16.1. The standard InChI is InChI=1S/C15H22N2O4/c1-9-13(11(3)18)10(2)16-14(9)15(20)21-8-12(19)17-6-4-5-7-17/h11,16,18H,4-8H2,1-3H3/t11-/m1/s1. The second kappa shape index (κ2) is 6.30. The summed E-state index contributed by atoms with van der Waals surface area (Å²) in [7, 11) is 0. The van der Waals surface area contributed by atoms with E-state index in [9.17, 15) is 14.7 Å². The van der Waals surface area contributed by atoms with Crippen LogP contribution in [-0.2, 0) is 9.53 Å². The smallest absolute Gasteiger partial charge is 0.355 e. The van der Waals surface area contributed by atoms with E-state index >= 15 is 0 Å².